The summed E-state index contributed by atoms with van der Waals surface area (Å²) >= 11 is 0. The van der Waals surface area contributed by atoms with Crippen molar-refractivity contribution in [2.24, 2.45) is 0 Å². The lowest BCUT2D eigenvalue weighted by Crippen LogP contribution is -2.00. The first-order chi connectivity index (χ1) is 27.2. The zero-order valence-electron chi connectivity index (χ0n) is 29.8. The molecule has 0 bridgehead atoms. The van der Waals surface area contributed by atoms with Crippen LogP contribution in [-0.2, 0) is 0 Å². The third kappa shape index (κ3) is 6.14. The Morgan fingerprint density at radius 2 is 0.764 bits per heavy atom. The van der Waals surface area contributed by atoms with Crippen molar-refractivity contribution < 1.29 is 0 Å². The van der Waals surface area contributed by atoms with Crippen LogP contribution in [0.5, 0.6) is 0 Å². The molecule has 258 valence electrons. The summed E-state index contributed by atoms with van der Waals surface area (Å²) in [5, 5.41) is 2.43. The lowest BCUT2D eigenvalue weighted by atomic mass is 10.00. The Morgan fingerprint density at radius 1 is 0.309 bits per heavy atom. The van der Waals surface area contributed by atoms with Gasteiger partial charge in [-0.15, -0.1) is 0 Å². The van der Waals surface area contributed by atoms with E-state index in [-0.39, 0.29) is 0 Å². The highest BCUT2D eigenvalue weighted by atomic mass is 15.0. The summed E-state index contributed by atoms with van der Waals surface area (Å²) in [6.07, 6.45) is 3.66. The van der Waals surface area contributed by atoms with Gasteiger partial charge in [0.2, 0.25) is 0 Å². The summed E-state index contributed by atoms with van der Waals surface area (Å²) in [5.41, 5.74) is 13.1. The Labute approximate surface area is 318 Å². The van der Waals surface area contributed by atoms with Crippen LogP contribution in [-0.4, -0.2) is 24.5 Å². The van der Waals surface area contributed by atoms with Crippen molar-refractivity contribution in [2.75, 3.05) is 0 Å². The third-order valence-corrected chi connectivity index (χ3v) is 10.2. The number of aromatic nitrogens is 5. The molecule has 0 unspecified atom stereocenters. The van der Waals surface area contributed by atoms with Crippen LogP contribution in [0.25, 0.3) is 95.0 Å². The Hall–Kier alpha value is -7.50. The number of rotatable bonds is 7. The van der Waals surface area contributed by atoms with E-state index in [1.165, 1.54) is 32.9 Å². The fourth-order valence-corrected chi connectivity index (χ4v) is 7.37. The van der Waals surface area contributed by atoms with Crippen LogP contribution < -0.4 is 0 Å². The molecule has 0 saturated carbocycles. The number of benzene rings is 7. The lowest BCUT2D eigenvalue weighted by Gasteiger charge is -2.10. The Balaban J connectivity index is 1.04. The van der Waals surface area contributed by atoms with Gasteiger partial charge in [-0.1, -0.05) is 152 Å². The van der Waals surface area contributed by atoms with E-state index >= 15 is 0 Å². The quantitative estimate of drug-likeness (QED) is 0.166. The highest BCUT2D eigenvalue weighted by molar-refractivity contribution is 6.11. The number of hydrogen-bond acceptors (Lipinski definition) is 4. The molecule has 3 heterocycles. The molecule has 0 atom stereocenters. The summed E-state index contributed by atoms with van der Waals surface area (Å²) in [5.74, 6) is 1.89. The second kappa shape index (κ2) is 13.8. The SMILES string of the molecule is c1ccc(-c2ccc3c4cc(-c5ccc(-c6nc(-c7ccccc7)nc(-c7ccc(-c8cccnc8)cc7)n6)cc5)ccc4n(-c4ccccc4)c3c2)cc1. The standard InChI is InChI=1S/C50H33N5/c1-4-11-34(12-5-1)41-26-28-44-45-31-40(27-29-46(45)55(47(44)32-41)43-16-8-3-9-17-43)35-18-22-38(23-19-35)49-52-48(37-13-6-2-7-14-37)53-50(54-49)39-24-20-36(21-25-39)42-15-10-30-51-33-42/h1-33H. The number of nitrogens with zero attached hydrogens (tertiary/aromatic N) is 5. The maximum absolute atomic E-state index is 5.00. The van der Waals surface area contributed by atoms with Gasteiger partial charge in [0.1, 0.15) is 0 Å². The van der Waals surface area contributed by atoms with Crippen molar-refractivity contribution in [1.29, 1.82) is 0 Å². The average Bonchev–Trinajstić information content (AvgIpc) is 3.60. The van der Waals surface area contributed by atoms with Crippen molar-refractivity contribution in [3.8, 4) is 73.2 Å². The molecular formula is C50H33N5. The van der Waals surface area contributed by atoms with E-state index in [0.29, 0.717) is 17.5 Å². The maximum atomic E-state index is 5.00. The highest BCUT2D eigenvalue weighted by Crippen LogP contribution is 2.37. The van der Waals surface area contributed by atoms with Crippen LogP contribution in [0.2, 0.25) is 0 Å². The molecule has 0 aliphatic rings. The summed E-state index contributed by atoms with van der Waals surface area (Å²) in [7, 11) is 0. The molecule has 0 saturated heterocycles. The van der Waals surface area contributed by atoms with Crippen molar-refractivity contribution in [3.05, 3.63) is 200 Å². The minimum absolute atomic E-state index is 0.626. The molecule has 0 aliphatic heterocycles. The van der Waals surface area contributed by atoms with E-state index in [1.54, 1.807) is 6.20 Å². The van der Waals surface area contributed by atoms with Gasteiger partial charge in [-0.2, -0.15) is 0 Å². The molecule has 0 radical (unpaired) electrons. The summed E-state index contributed by atoms with van der Waals surface area (Å²) in [4.78, 5) is 19.2. The molecule has 0 fully saturated rings. The van der Waals surface area contributed by atoms with Gasteiger partial charge in [-0.25, -0.2) is 15.0 Å². The molecular weight excluding hydrogens is 671 g/mol. The lowest BCUT2D eigenvalue weighted by molar-refractivity contribution is 1.07. The Morgan fingerprint density at radius 3 is 1.36 bits per heavy atom. The molecule has 0 amide bonds. The van der Waals surface area contributed by atoms with Gasteiger partial charge in [0.15, 0.2) is 17.5 Å². The van der Waals surface area contributed by atoms with Crippen molar-refractivity contribution in [2.45, 2.75) is 0 Å². The van der Waals surface area contributed by atoms with Crippen molar-refractivity contribution >= 4 is 21.8 Å². The minimum Gasteiger partial charge on any atom is -0.309 e. The number of pyridine rings is 1. The second-order valence-electron chi connectivity index (χ2n) is 13.6. The first-order valence-corrected chi connectivity index (χ1v) is 18.4. The Bertz CT molecular complexity index is 2920. The van der Waals surface area contributed by atoms with E-state index in [1.807, 2.05) is 42.6 Å². The van der Waals surface area contributed by atoms with E-state index < -0.39 is 0 Å². The van der Waals surface area contributed by atoms with Gasteiger partial charge in [0.25, 0.3) is 0 Å². The monoisotopic (exact) mass is 703 g/mol. The van der Waals surface area contributed by atoms with Crippen LogP contribution in [0.15, 0.2) is 200 Å². The molecule has 0 aliphatic carbocycles. The normalized spacial score (nSPS) is 11.3. The van der Waals surface area contributed by atoms with Gasteiger partial charge >= 0.3 is 0 Å². The molecule has 5 nitrogen and oxygen atoms in total. The van der Waals surface area contributed by atoms with Crippen LogP contribution in [0, 0.1) is 0 Å². The number of fused-ring (bicyclic) bond motifs is 3. The first kappa shape index (κ1) is 32.2. The van der Waals surface area contributed by atoms with Gasteiger partial charge in [-0.3, -0.25) is 4.98 Å². The minimum atomic E-state index is 0.626. The fourth-order valence-electron chi connectivity index (χ4n) is 7.37. The molecule has 0 N–H and O–H groups in total. The second-order valence-corrected chi connectivity index (χ2v) is 13.6. The van der Waals surface area contributed by atoms with E-state index in [9.17, 15) is 0 Å². The first-order valence-electron chi connectivity index (χ1n) is 18.4. The predicted molar refractivity (Wildman–Crippen MR) is 225 cm³/mol. The van der Waals surface area contributed by atoms with Crippen molar-refractivity contribution in [1.82, 2.24) is 24.5 Å². The molecule has 3 aromatic heterocycles. The molecule has 10 rings (SSSR count). The van der Waals surface area contributed by atoms with Crippen LogP contribution in [0.4, 0.5) is 0 Å². The summed E-state index contributed by atoms with van der Waals surface area (Å²) in [6, 6.07) is 65.7. The summed E-state index contributed by atoms with van der Waals surface area (Å²) in [6.45, 7) is 0. The average molecular weight is 704 g/mol. The van der Waals surface area contributed by atoms with Gasteiger partial charge < -0.3 is 4.57 Å². The van der Waals surface area contributed by atoms with E-state index in [4.69, 9.17) is 15.0 Å². The van der Waals surface area contributed by atoms with Gasteiger partial charge in [-0.05, 0) is 69.8 Å². The molecule has 10 aromatic rings. The molecule has 0 spiro atoms. The molecule has 55 heavy (non-hydrogen) atoms. The molecule has 5 heteroatoms. The fraction of sp³-hybridized carbons (Fsp3) is 0. The van der Waals surface area contributed by atoms with Crippen LogP contribution >= 0.6 is 0 Å². The van der Waals surface area contributed by atoms with E-state index in [0.717, 1.165) is 44.6 Å². The van der Waals surface area contributed by atoms with Crippen LogP contribution in [0.3, 0.4) is 0 Å². The van der Waals surface area contributed by atoms with Crippen LogP contribution in [0.1, 0.15) is 0 Å². The summed E-state index contributed by atoms with van der Waals surface area (Å²) < 4.78 is 2.37. The highest BCUT2D eigenvalue weighted by Gasteiger charge is 2.16. The zero-order chi connectivity index (χ0) is 36.6. The van der Waals surface area contributed by atoms with Gasteiger partial charge in [0, 0.05) is 45.5 Å². The molecule has 7 aromatic carbocycles. The predicted octanol–water partition coefficient (Wildman–Crippen LogP) is 12.4. The Kier molecular flexibility index (Phi) is 8.08. The number of hydrogen-bond donors (Lipinski definition) is 0. The smallest absolute Gasteiger partial charge is 0.164 e. The van der Waals surface area contributed by atoms with Gasteiger partial charge in [0.05, 0.1) is 11.0 Å². The van der Waals surface area contributed by atoms with E-state index in [2.05, 4.69) is 161 Å². The van der Waals surface area contributed by atoms with Crippen molar-refractivity contribution in [3.63, 3.8) is 0 Å². The topological polar surface area (TPSA) is 56.5 Å². The maximum Gasteiger partial charge on any atom is 0.164 e. The zero-order valence-corrected chi connectivity index (χ0v) is 29.8. The third-order valence-electron chi connectivity index (χ3n) is 10.2. The number of para-hydroxylation sites is 1. The largest absolute Gasteiger partial charge is 0.309 e.